The van der Waals surface area contributed by atoms with Crippen molar-refractivity contribution in [1.82, 2.24) is 19.3 Å². The molecular weight excluding hydrogens is 276 g/mol. The van der Waals surface area contributed by atoms with E-state index in [4.69, 9.17) is 11.6 Å². The number of imidazole rings is 1. The number of aromatic nitrogens is 3. The summed E-state index contributed by atoms with van der Waals surface area (Å²) >= 11 is 5.81. The van der Waals surface area contributed by atoms with Gasteiger partial charge in [-0.05, 0) is 6.07 Å². The summed E-state index contributed by atoms with van der Waals surface area (Å²) in [5.41, 5.74) is 0. The molecule has 2 aromatic heterocycles. The normalized spacial score (nSPS) is 11.6. The van der Waals surface area contributed by atoms with Gasteiger partial charge in [-0.15, -0.1) is 0 Å². The van der Waals surface area contributed by atoms with E-state index in [0.717, 1.165) is 0 Å². The predicted octanol–water partition coefficient (Wildman–Crippen LogP) is 0.910. The Kier molecular flexibility index (Phi) is 3.95. The highest BCUT2D eigenvalue weighted by atomic mass is 35.5. The van der Waals surface area contributed by atoms with Crippen LogP contribution in [0.4, 0.5) is 0 Å². The van der Waals surface area contributed by atoms with Gasteiger partial charge in [-0.2, -0.15) is 0 Å². The monoisotopic (exact) mass is 286 g/mol. The molecule has 0 bridgehead atoms. The molecule has 1 N–H and O–H groups in total. The van der Waals surface area contributed by atoms with Crippen molar-refractivity contribution < 1.29 is 8.42 Å². The van der Waals surface area contributed by atoms with E-state index in [2.05, 4.69) is 14.7 Å². The van der Waals surface area contributed by atoms with Gasteiger partial charge in [0, 0.05) is 37.9 Å². The van der Waals surface area contributed by atoms with Crippen LogP contribution in [0.25, 0.3) is 0 Å². The Morgan fingerprint density at radius 1 is 1.33 bits per heavy atom. The van der Waals surface area contributed by atoms with Crippen molar-refractivity contribution in [2.24, 2.45) is 0 Å². The van der Waals surface area contributed by atoms with Crippen LogP contribution in [0.15, 0.2) is 42.1 Å². The molecule has 0 radical (unpaired) electrons. The number of pyridine rings is 1. The minimum atomic E-state index is -3.62. The summed E-state index contributed by atoms with van der Waals surface area (Å²) in [5.74, 6) is 0. The molecule has 0 aliphatic rings. The molecule has 0 aromatic carbocycles. The quantitative estimate of drug-likeness (QED) is 0.886. The first-order valence-corrected chi connectivity index (χ1v) is 7.00. The van der Waals surface area contributed by atoms with E-state index in [1.165, 1.54) is 18.5 Å². The fourth-order valence-corrected chi connectivity index (χ4v) is 2.82. The third kappa shape index (κ3) is 3.06. The third-order valence-corrected chi connectivity index (χ3v) is 4.18. The fraction of sp³-hybridized carbons (Fsp3) is 0.200. The number of hydrogen-bond donors (Lipinski definition) is 1. The van der Waals surface area contributed by atoms with Gasteiger partial charge in [0.15, 0.2) is 0 Å². The average Bonchev–Trinajstić information content (AvgIpc) is 2.82. The molecule has 0 amide bonds. The van der Waals surface area contributed by atoms with E-state index in [1.807, 2.05) is 0 Å². The first-order valence-electron chi connectivity index (χ1n) is 5.14. The van der Waals surface area contributed by atoms with Gasteiger partial charge >= 0.3 is 0 Å². The van der Waals surface area contributed by atoms with Gasteiger partial charge in [-0.1, -0.05) is 11.6 Å². The molecular formula is C10H11ClN4O2S. The fourth-order valence-electron chi connectivity index (χ4n) is 1.37. The van der Waals surface area contributed by atoms with Crippen LogP contribution < -0.4 is 4.72 Å². The number of hydrogen-bond acceptors (Lipinski definition) is 4. The summed E-state index contributed by atoms with van der Waals surface area (Å²) in [6.07, 6.45) is 7.66. The first-order chi connectivity index (χ1) is 8.59. The Hall–Kier alpha value is -1.44. The summed E-state index contributed by atoms with van der Waals surface area (Å²) in [6, 6.07) is 1.44. The Bertz CT molecular complexity index is 613. The Morgan fingerprint density at radius 2 is 2.17 bits per heavy atom. The van der Waals surface area contributed by atoms with Gasteiger partial charge in [0.25, 0.3) is 0 Å². The number of sulfonamides is 1. The molecule has 8 heteroatoms. The maximum Gasteiger partial charge on any atom is 0.243 e. The average molecular weight is 287 g/mol. The van der Waals surface area contributed by atoms with Gasteiger partial charge in [0.2, 0.25) is 10.0 Å². The highest BCUT2D eigenvalue weighted by molar-refractivity contribution is 7.89. The third-order valence-electron chi connectivity index (χ3n) is 2.24. The van der Waals surface area contributed by atoms with E-state index in [1.54, 1.807) is 23.3 Å². The number of halogens is 1. The SMILES string of the molecule is O=S(=O)(NCCn1ccnc1)c1cnccc1Cl. The molecule has 96 valence electrons. The summed E-state index contributed by atoms with van der Waals surface area (Å²) in [6.45, 7) is 0.751. The molecule has 2 aromatic rings. The molecule has 0 atom stereocenters. The lowest BCUT2D eigenvalue weighted by Crippen LogP contribution is -2.27. The second-order valence-electron chi connectivity index (χ2n) is 3.50. The maximum absolute atomic E-state index is 11.9. The van der Waals surface area contributed by atoms with Gasteiger partial charge in [-0.25, -0.2) is 18.1 Å². The van der Waals surface area contributed by atoms with Gasteiger partial charge in [0.1, 0.15) is 4.90 Å². The van der Waals surface area contributed by atoms with Gasteiger partial charge in [-0.3, -0.25) is 4.98 Å². The summed E-state index contributed by atoms with van der Waals surface area (Å²) < 4.78 is 28.1. The van der Waals surface area contributed by atoms with Crippen LogP contribution in [0, 0.1) is 0 Å². The van der Waals surface area contributed by atoms with Crippen LogP contribution in [0.1, 0.15) is 0 Å². The molecule has 0 aliphatic carbocycles. The van der Waals surface area contributed by atoms with Crippen LogP contribution in [0.5, 0.6) is 0 Å². The van der Waals surface area contributed by atoms with Crippen LogP contribution in [-0.4, -0.2) is 29.5 Å². The second-order valence-corrected chi connectivity index (χ2v) is 5.65. The lowest BCUT2D eigenvalue weighted by atomic mass is 10.5. The Balaban J connectivity index is 2.02. The molecule has 2 heterocycles. The smallest absolute Gasteiger partial charge is 0.243 e. The summed E-state index contributed by atoms with van der Waals surface area (Å²) in [5, 5.41) is 0.153. The van der Waals surface area contributed by atoms with Crippen LogP contribution >= 0.6 is 11.6 Å². The highest BCUT2D eigenvalue weighted by Gasteiger charge is 2.17. The van der Waals surface area contributed by atoms with Crippen molar-refractivity contribution in [1.29, 1.82) is 0 Å². The molecule has 0 spiro atoms. The second kappa shape index (κ2) is 5.47. The zero-order chi connectivity index (χ0) is 13.0. The number of nitrogens with zero attached hydrogens (tertiary/aromatic N) is 3. The van der Waals surface area contributed by atoms with E-state index in [-0.39, 0.29) is 16.5 Å². The van der Waals surface area contributed by atoms with Crippen LogP contribution in [-0.2, 0) is 16.6 Å². The largest absolute Gasteiger partial charge is 0.336 e. The molecule has 2 rings (SSSR count). The van der Waals surface area contributed by atoms with E-state index in [9.17, 15) is 8.42 Å². The molecule has 0 unspecified atom stereocenters. The Morgan fingerprint density at radius 3 is 2.83 bits per heavy atom. The molecule has 18 heavy (non-hydrogen) atoms. The van der Waals surface area contributed by atoms with Crippen LogP contribution in [0.2, 0.25) is 5.02 Å². The molecule has 0 fully saturated rings. The van der Waals surface area contributed by atoms with Crippen molar-refractivity contribution in [3.8, 4) is 0 Å². The zero-order valence-electron chi connectivity index (χ0n) is 9.32. The summed E-state index contributed by atoms with van der Waals surface area (Å²) in [7, 11) is -3.62. The lowest BCUT2D eigenvalue weighted by molar-refractivity contribution is 0.572. The molecule has 6 nitrogen and oxygen atoms in total. The molecule has 0 saturated carbocycles. The molecule has 0 aliphatic heterocycles. The number of nitrogens with one attached hydrogen (secondary N) is 1. The van der Waals surface area contributed by atoms with E-state index >= 15 is 0 Å². The summed E-state index contributed by atoms with van der Waals surface area (Å²) in [4.78, 5) is 7.60. The maximum atomic E-state index is 11.9. The van der Waals surface area contributed by atoms with Crippen molar-refractivity contribution in [3.05, 3.63) is 42.2 Å². The first kappa shape index (κ1) is 13.0. The van der Waals surface area contributed by atoms with Gasteiger partial charge < -0.3 is 4.57 Å². The van der Waals surface area contributed by atoms with Crippen molar-refractivity contribution in [3.63, 3.8) is 0 Å². The lowest BCUT2D eigenvalue weighted by Gasteiger charge is -2.07. The zero-order valence-corrected chi connectivity index (χ0v) is 10.9. The topological polar surface area (TPSA) is 76.9 Å². The minimum absolute atomic E-state index is 0.0164. The number of rotatable bonds is 5. The molecule has 0 saturated heterocycles. The van der Waals surface area contributed by atoms with E-state index < -0.39 is 10.0 Å². The Labute approximate surface area is 110 Å². The predicted molar refractivity (Wildman–Crippen MR) is 66.7 cm³/mol. The van der Waals surface area contributed by atoms with Gasteiger partial charge in [0.05, 0.1) is 11.3 Å². The minimum Gasteiger partial charge on any atom is -0.336 e. The van der Waals surface area contributed by atoms with E-state index in [0.29, 0.717) is 6.54 Å². The van der Waals surface area contributed by atoms with Crippen molar-refractivity contribution in [2.45, 2.75) is 11.4 Å². The van der Waals surface area contributed by atoms with Crippen LogP contribution in [0.3, 0.4) is 0 Å². The van der Waals surface area contributed by atoms with Crippen molar-refractivity contribution in [2.75, 3.05) is 6.54 Å². The standard InChI is InChI=1S/C10H11ClN4O2S/c11-9-1-2-12-7-10(9)18(16,17)14-4-6-15-5-3-13-8-15/h1-3,5,7-8,14H,4,6H2. The van der Waals surface area contributed by atoms with Crippen molar-refractivity contribution >= 4 is 21.6 Å². The highest BCUT2D eigenvalue weighted by Crippen LogP contribution is 2.18.